The Bertz CT molecular complexity index is 1190. The number of hydrogen-bond acceptors (Lipinski definition) is 5. The first-order valence-corrected chi connectivity index (χ1v) is 12.3. The van der Waals surface area contributed by atoms with Crippen molar-refractivity contribution >= 4 is 39.7 Å². The summed E-state index contributed by atoms with van der Waals surface area (Å²) in [6, 6.07) is 10.8. The van der Waals surface area contributed by atoms with Gasteiger partial charge in [-0.05, 0) is 74.9 Å². The molecule has 2 heterocycles. The average Bonchev–Trinajstić information content (AvgIpc) is 3.18. The third kappa shape index (κ3) is 5.69. The molecule has 0 spiro atoms. The molecule has 0 saturated carbocycles. The Labute approximate surface area is 203 Å². The van der Waals surface area contributed by atoms with Crippen molar-refractivity contribution in [2.75, 3.05) is 10.6 Å². The largest absolute Gasteiger partial charge is 0.354 e. The van der Waals surface area contributed by atoms with E-state index in [2.05, 4.69) is 20.9 Å². The van der Waals surface area contributed by atoms with E-state index in [1.807, 2.05) is 26.0 Å². The molecule has 3 aromatic rings. The molecule has 4 rings (SSSR count). The van der Waals surface area contributed by atoms with Crippen molar-refractivity contribution in [3.8, 4) is 0 Å². The van der Waals surface area contributed by atoms with Gasteiger partial charge in [-0.2, -0.15) is 0 Å². The normalized spacial score (nSPS) is 12.7. The highest BCUT2D eigenvalue weighted by Crippen LogP contribution is 2.38. The monoisotopic (exact) mass is 476 g/mol. The number of benzene rings is 1. The average molecular weight is 477 g/mol. The van der Waals surface area contributed by atoms with Crippen LogP contribution in [0.5, 0.6) is 0 Å². The highest BCUT2D eigenvalue weighted by Gasteiger charge is 2.26. The highest BCUT2D eigenvalue weighted by atomic mass is 32.1. The Morgan fingerprint density at radius 2 is 1.76 bits per heavy atom. The number of pyridine rings is 1. The number of aryl methyl sites for hydroxylation is 1. The Balaban J connectivity index is 1.51. The second-order valence-corrected chi connectivity index (χ2v) is 9.77. The van der Waals surface area contributed by atoms with Crippen molar-refractivity contribution in [1.82, 2.24) is 10.3 Å². The molecule has 0 bridgehead atoms. The molecule has 1 aliphatic carbocycles. The van der Waals surface area contributed by atoms with Gasteiger partial charge in [0, 0.05) is 29.0 Å². The number of carbonyl (C=O) groups is 3. The highest BCUT2D eigenvalue weighted by molar-refractivity contribution is 7.17. The van der Waals surface area contributed by atoms with Gasteiger partial charge < -0.3 is 16.0 Å². The lowest BCUT2D eigenvalue weighted by molar-refractivity contribution is -0.120. The van der Waals surface area contributed by atoms with Crippen LogP contribution in [0.3, 0.4) is 0 Å². The van der Waals surface area contributed by atoms with Crippen LogP contribution >= 0.6 is 11.3 Å². The standard InChI is InChI=1S/C26H28N4O3S/c1-16(2)28-22(31)14-17-9-11-19(12-10-17)29-25(33)23-20-7-3-4-8-21(20)34-26(23)30-24(32)18-6-5-13-27-15-18/h5-6,9-13,15-16H,3-4,7-8,14H2,1-2H3,(H,28,31)(H,29,33)(H,30,32). The van der Waals surface area contributed by atoms with Gasteiger partial charge in [-0.25, -0.2) is 0 Å². The number of anilines is 2. The molecule has 0 unspecified atom stereocenters. The van der Waals surface area contributed by atoms with E-state index in [-0.39, 0.29) is 30.2 Å². The van der Waals surface area contributed by atoms with Gasteiger partial charge >= 0.3 is 0 Å². The zero-order valence-corrected chi connectivity index (χ0v) is 20.1. The Morgan fingerprint density at radius 3 is 2.47 bits per heavy atom. The first-order valence-electron chi connectivity index (χ1n) is 11.5. The van der Waals surface area contributed by atoms with Crippen molar-refractivity contribution in [2.45, 2.75) is 52.0 Å². The predicted molar refractivity (Wildman–Crippen MR) is 135 cm³/mol. The van der Waals surface area contributed by atoms with Gasteiger partial charge in [0.15, 0.2) is 0 Å². The molecule has 7 nitrogen and oxygen atoms in total. The predicted octanol–water partition coefficient (Wildman–Crippen LogP) is 4.59. The molecule has 0 radical (unpaired) electrons. The number of nitrogens with one attached hydrogen (secondary N) is 3. The zero-order valence-electron chi connectivity index (χ0n) is 19.3. The van der Waals surface area contributed by atoms with E-state index in [0.717, 1.165) is 41.7 Å². The fourth-order valence-electron chi connectivity index (χ4n) is 4.02. The molecule has 1 aliphatic rings. The molecule has 3 N–H and O–H groups in total. The van der Waals surface area contributed by atoms with Crippen LogP contribution in [0.25, 0.3) is 0 Å². The molecule has 0 saturated heterocycles. The summed E-state index contributed by atoms with van der Waals surface area (Å²) in [5.74, 6) is -0.568. The van der Waals surface area contributed by atoms with Gasteiger partial charge in [0.1, 0.15) is 5.00 Å². The summed E-state index contributed by atoms with van der Waals surface area (Å²) in [7, 11) is 0. The SMILES string of the molecule is CC(C)NC(=O)Cc1ccc(NC(=O)c2c(NC(=O)c3cccnc3)sc3c2CCCC3)cc1. The zero-order chi connectivity index (χ0) is 24.1. The smallest absolute Gasteiger partial charge is 0.258 e. The van der Waals surface area contributed by atoms with Crippen molar-refractivity contribution in [3.05, 3.63) is 75.9 Å². The van der Waals surface area contributed by atoms with Crippen LogP contribution in [-0.4, -0.2) is 28.7 Å². The van der Waals surface area contributed by atoms with Crippen LogP contribution in [0.2, 0.25) is 0 Å². The van der Waals surface area contributed by atoms with E-state index >= 15 is 0 Å². The van der Waals surface area contributed by atoms with E-state index in [1.54, 1.807) is 30.5 Å². The molecule has 0 aliphatic heterocycles. The lowest BCUT2D eigenvalue weighted by Gasteiger charge is -2.14. The summed E-state index contributed by atoms with van der Waals surface area (Å²) in [6.07, 6.45) is 7.24. The van der Waals surface area contributed by atoms with Crippen molar-refractivity contribution in [1.29, 1.82) is 0 Å². The van der Waals surface area contributed by atoms with Gasteiger partial charge in [-0.15, -0.1) is 11.3 Å². The Hall–Kier alpha value is -3.52. The molecule has 2 aromatic heterocycles. The van der Waals surface area contributed by atoms with Crippen LogP contribution in [-0.2, 0) is 24.1 Å². The van der Waals surface area contributed by atoms with Gasteiger partial charge in [0.2, 0.25) is 5.91 Å². The lowest BCUT2D eigenvalue weighted by atomic mass is 9.95. The topological polar surface area (TPSA) is 100 Å². The second-order valence-electron chi connectivity index (χ2n) is 8.66. The van der Waals surface area contributed by atoms with Crippen LogP contribution in [0.1, 0.15) is 63.4 Å². The summed E-state index contributed by atoms with van der Waals surface area (Å²) in [4.78, 5) is 43.2. The maximum absolute atomic E-state index is 13.3. The fraction of sp³-hybridized carbons (Fsp3) is 0.308. The number of nitrogens with zero attached hydrogens (tertiary/aromatic N) is 1. The third-order valence-corrected chi connectivity index (χ3v) is 6.78. The van der Waals surface area contributed by atoms with Crippen molar-refractivity contribution < 1.29 is 14.4 Å². The summed E-state index contributed by atoms with van der Waals surface area (Å²) in [5, 5.41) is 9.34. The minimum Gasteiger partial charge on any atom is -0.354 e. The fourth-order valence-corrected chi connectivity index (χ4v) is 5.31. The molecular weight excluding hydrogens is 448 g/mol. The van der Waals surface area contributed by atoms with Crippen LogP contribution < -0.4 is 16.0 Å². The maximum atomic E-state index is 13.3. The Kier molecular flexibility index (Phi) is 7.37. The summed E-state index contributed by atoms with van der Waals surface area (Å²) >= 11 is 1.48. The maximum Gasteiger partial charge on any atom is 0.258 e. The number of rotatable bonds is 7. The van der Waals surface area contributed by atoms with E-state index in [1.165, 1.54) is 17.5 Å². The molecule has 176 valence electrons. The second kappa shape index (κ2) is 10.6. The van der Waals surface area contributed by atoms with E-state index in [0.29, 0.717) is 21.8 Å². The molecule has 0 atom stereocenters. The lowest BCUT2D eigenvalue weighted by Crippen LogP contribution is -2.31. The number of hydrogen-bond donors (Lipinski definition) is 3. The third-order valence-electron chi connectivity index (χ3n) is 5.58. The summed E-state index contributed by atoms with van der Waals surface area (Å²) in [5.41, 5.74) is 3.51. The number of carbonyl (C=O) groups excluding carboxylic acids is 3. The molecule has 34 heavy (non-hydrogen) atoms. The van der Waals surface area contributed by atoms with Gasteiger partial charge in [-0.3, -0.25) is 19.4 Å². The van der Waals surface area contributed by atoms with E-state index in [9.17, 15) is 14.4 Å². The van der Waals surface area contributed by atoms with E-state index < -0.39 is 0 Å². The number of amides is 3. The van der Waals surface area contributed by atoms with Crippen LogP contribution in [0.4, 0.5) is 10.7 Å². The number of thiophene rings is 1. The van der Waals surface area contributed by atoms with Gasteiger partial charge in [-0.1, -0.05) is 12.1 Å². The first kappa shape index (κ1) is 23.6. The number of aromatic nitrogens is 1. The van der Waals surface area contributed by atoms with Crippen LogP contribution in [0, 0.1) is 0 Å². The molecule has 8 heteroatoms. The number of fused-ring (bicyclic) bond motifs is 1. The summed E-state index contributed by atoms with van der Waals surface area (Å²) in [6.45, 7) is 3.85. The van der Waals surface area contributed by atoms with E-state index in [4.69, 9.17) is 0 Å². The van der Waals surface area contributed by atoms with Crippen molar-refractivity contribution in [2.24, 2.45) is 0 Å². The first-order chi connectivity index (χ1) is 16.4. The van der Waals surface area contributed by atoms with Crippen molar-refractivity contribution in [3.63, 3.8) is 0 Å². The molecular formula is C26H28N4O3S. The summed E-state index contributed by atoms with van der Waals surface area (Å²) < 4.78 is 0. The minimum absolute atomic E-state index is 0.0364. The molecule has 0 fully saturated rings. The Morgan fingerprint density at radius 1 is 1.00 bits per heavy atom. The quantitative estimate of drug-likeness (QED) is 0.464. The van der Waals surface area contributed by atoms with Gasteiger partial charge in [0.05, 0.1) is 17.5 Å². The van der Waals surface area contributed by atoms with Gasteiger partial charge in [0.25, 0.3) is 11.8 Å². The molecule has 3 amide bonds. The molecule has 1 aromatic carbocycles. The minimum atomic E-state index is -0.287. The van der Waals surface area contributed by atoms with Crippen LogP contribution in [0.15, 0.2) is 48.8 Å².